The molecule has 0 bridgehead atoms. The van der Waals surface area contributed by atoms with Crippen molar-refractivity contribution in [3.8, 4) is 11.4 Å². The van der Waals surface area contributed by atoms with Crippen LogP contribution in [-0.4, -0.2) is 22.6 Å². The van der Waals surface area contributed by atoms with E-state index < -0.39 is 5.82 Å². The standard InChI is InChI=1S/C18H13F2N3O2/c19-13-6-4-11(5-7-13)17-21-18(25-22-17)12-8-16(24)23(10-12)15-3-1-2-14(20)9-15/h1-7,9,12H,8,10H2. The maximum absolute atomic E-state index is 13.4. The zero-order chi connectivity index (χ0) is 17.4. The third kappa shape index (κ3) is 3.00. The second-order valence-electron chi connectivity index (χ2n) is 5.85. The molecular formula is C18H13F2N3O2. The largest absolute Gasteiger partial charge is 0.339 e. The van der Waals surface area contributed by atoms with E-state index in [2.05, 4.69) is 10.1 Å². The van der Waals surface area contributed by atoms with Crippen molar-refractivity contribution in [2.75, 3.05) is 11.4 Å². The second-order valence-corrected chi connectivity index (χ2v) is 5.85. The number of anilines is 1. The van der Waals surface area contributed by atoms with Gasteiger partial charge in [-0.15, -0.1) is 0 Å². The smallest absolute Gasteiger partial charge is 0.232 e. The molecule has 1 fully saturated rings. The molecule has 1 aliphatic rings. The van der Waals surface area contributed by atoms with Gasteiger partial charge < -0.3 is 9.42 Å². The van der Waals surface area contributed by atoms with E-state index in [1.807, 2.05) is 0 Å². The van der Waals surface area contributed by atoms with E-state index in [4.69, 9.17) is 4.52 Å². The number of nitrogens with zero attached hydrogens (tertiary/aromatic N) is 3. The Kier molecular flexibility index (Phi) is 3.76. The van der Waals surface area contributed by atoms with Crippen LogP contribution in [0.3, 0.4) is 0 Å². The molecule has 2 heterocycles. The lowest BCUT2D eigenvalue weighted by Gasteiger charge is -2.15. The molecular weight excluding hydrogens is 328 g/mol. The molecule has 0 aliphatic carbocycles. The lowest BCUT2D eigenvalue weighted by Crippen LogP contribution is -2.24. The molecule has 7 heteroatoms. The topological polar surface area (TPSA) is 59.2 Å². The van der Waals surface area contributed by atoms with E-state index >= 15 is 0 Å². The average Bonchev–Trinajstić information content (AvgIpc) is 3.22. The van der Waals surface area contributed by atoms with Gasteiger partial charge in [-0.3, -0.25) is 4.79 Å². The summed E-state index contributed by atoms with van der Waals surface area (Å²) in [6.45, 7) is 0.341. The number of hydrogen-bond acceptors (Lipinski definition) is 4. The lowest BCUT2D eigenvalue weighted by atomic mass is 10.1. The molecule has 2 aromatic carbocycles. The highest BCUT2D eigenvalue weighted by atomic mass is 19.1. The molecule has 1 unspecified atom stereocenters. The van der Waals surface area contributed by atoms with Gasteiger partial charge in [0.05, 0.1) is 5.92 Å². The van der Waals surface area contributed by atoms with Gasteiger partial charge in [0.1, 0.15) is 11.6 Å². The van der Waals surface area contributed by atoms with Gasteiger partial charge in [0.15, 0.2) is 0 Å². The van der Waals surface area contributed by atoms with Gasteiger partial charge in [0, 0.05) is 24.2 Å². The van der Waals surface area contributed by atoms with Gasteiger partial charge in [0.25, 0.3) is 0 Å². The molecule has 4 rings (SSSR count). The molecule has 126 valence electrons. The number of halogens is 2. The fourth-order valence-corrected chi connectivity index (χ4v) is 2.88. The molecule has 1 amide bonds. The first kappa shape index (κ1) is 15.4. The maximum atomic E-state index is 13.4. The third-order valence-electron chi connectivity index (χ3n) is 4.14. The van der Waals surface area contributed by atoms with Crippen molar-refractivity contribution >= 4 is 11.6 Å². The number of benzene rings is 2. The Morgan fingerprint density at radius 2 is 1.88 bits per heavy atom. The van der Waals surface area contributed by atoms with E-state index in [0.717, 1.165) is 0 Å². The summed E-state index contributed by atoms with van der Waals surface area (Å²) in [4.78, 5) is 18.1. The van der Waals surface area contributed by atoms with Gasteiger partial charge >= 0.3 is 0 Å². The molecule has 25 heavy (non-hydrogen) atoms. The predicted octanol–water partition coefficient (Wildman–Crippen LogP) is 3.54. The van der Waals surface area contributed by atoms with Crippen LogP contribution < -0.4 is 4.90 Å². The quantitative estimate of drug-likeness (QED) is 0.731. The van der Waals surface area contributed by atoms with Crippen LogP contribution in [-0.2, 0) is 4.79 Å². The number of carbonyl (C=O) groups is 1. The zero-order valence-corrected chi connectivity index (χ0v) is 13.0. The molecule has 0 radical (unpaired) electrons. The number of carbonyl (C=O) groups excluding carboxylic acids is 1. The summed E-state index contributed by atoms with van der Waals surface area (Å²) in [5, 5.41) is 3.90. The van der Waals surface area contributed by atoms with Crippen LogP contribution in [0, 0.1) is 11.6 Å². The summed E-state index contributed by atoms with van der Waals surface area (Å²) in [5.74, 6) is -0.461. The average molecular weight is 341 g/mol. The van der Waals surface area contributed by atoms with Crippen LogP contribution in [0.15, 0.2) is 53.1 Å². The normalized spacial score (nSPS) is 17.3. The van der Waals surface area contributed by atoms with Crippen molar-refractivity contribution in [3.05, 3.63) is 66.1 Å². The summed E-state index contributed by atoms with van der Waals surface area (Å²) in [6.07, 6.45) is 0.210. The van der Waals surface area contributed by atoms with Crippen molar-refractivity contribution in [2.45, 2.75) is 12.3 Å². The van der Waals surface area contributed by atoms with Crippen LogP contribution >= 0.6 is 0 Å². The fraction of sp³-hybridized carbons (Fsp3) is 0.167. The molecule has 0 N–H and O–H groups in total. The van der Waals surface area contributed by atoms with E-state index in [1.54, 1.807) is 24.3 Å². The van der Waals surface area contributed by atoms with Gasteiger partial charge in [-0.25, -0.2) is 8.78 Å². The number of amides is 1. The number of rotatable bonds is 3. The minimum Gasteiger partial charge on any atom is -0.339 e. The van der Waals surface area contributed by atoms with Crippen LogP contribution in [0.4, 0.5) is 14.5 Å². The highest BCUT2D eigenvalue weighted by Crippen LogP contribution is 2.32. The minimum atomic E-state index is -0.398. The molecule has 5 nitrogen and oxygen atoms in total. The SMILES string of the molecule is O=C1CC(c2nc(-c3ccc(F)cc3)no2)CN1c1cccc(F)c1. The molecule has 1 atom stereocenters. The van der Waals surface area contributed by atoms with Gasteiger partial charge in [-0.2, -0.15) is 4.98 Å². The highest BCUT2D eigenvalue weighted by Gasteiger charge is 2.35. The van der Waals surface area contributed by atoms with Gasteiger partial charge in [0.2, 0.25) is 17.6 Å². The molecule has 1 aromatic heterocycles. The molecule has 1 saturated heterocycles. The molecule has 3 aromatic rings. The number of hydrogen-bond donors (Lipinski definition) is 0. The molecule has 0 saturated carbocycles. The van der Waals surface area contributed by atoms with Crippen molar-refractivity contribution in [1.29, 1.82) is 0 Å². The monoisotopic (exact) mass is 341 g/mol. The summed E-state index contributed by atoms with van der Waals surface area (Å²) in [7, 11) is 0. The van der Waals surface area contributed by atoms with Gasteiger partial charge in [-0.1, -0.05) is 11.2 Å². The Morgan fingerprint density at radius 1 is 1.08 bits per heavy atom. The third-order valence-corrected chi connectivity index (χ3v) is 4.14. The molecule has 0 spiro atoms. The van der Waals surface area contributed by atoms with Crippen molar-refractivity contribution < 1.29 is 18.1 Å². The van der Waals surface area contributed by atoms with Crippen LogP contribution in [0.2, 0.25) is 0 Å². The van der Waals surface area contributed by atoms with Gasteiger partial charge in [-0.05, 0) is 42.5 Å². The summed E-state index contributed by atoms with van der Waals surface area (Å²) in [5.41, 5.74) is 1.13. The summed E-state index contributed by atoms with van der Waals surface area (Å²) < 4.78 is 31.7. The number of aromatic nitrogens is 2. The summed E-state index contributed by atoms with van der Waals surface area (Å²) >= 11 is 0. The first-order valence-electron chi connectivity index (χ1n) is 7.75. The van der Waals surface area contributed by atoms with E-state index in [9.17, 15) is 13.6 Å². The minimum absolute atomic E-state index is 0.128. The van der Waals surface area contributed by atoms with E-state index in [-0.39, 0.29) is 24.1 Å². The second kappa shape index (κ2) is 6.08. The Labute approximate surface area is 141 Å². The first-order valence-corrected chi connectivity index (χ1v) is 7.75. The fourth-order valence-electron chi connectivity index (χ4n) is 2.88. The molecule has 1 aliphatic heterocycles. The lowest BCUT2D eigenvalue weighted by molar-refractivity contribution is -0.117. The Bertz CT molecular complexity index is 924. The van der Waals surface area contributed by atoms with Crippen LogP contribution in [0.25, 0.3) is 11.4 Å². The Morgan fingerprint density at radius 3 is 2.64 bits per heavy atom. The Hall–Kier alpha value is -3.09. The van der Waals surface area contributed by atoms with Crippen molar-refractivity contribution in [1.82, 2.24) is 10.1 Å². The van der Waals surface area contributed by atoms with Crippen LogP contribution in [0.5, 0.6) is 0 Å². The maximum Gasteiger partial charge on any atom is 0.232 e. The van der Waals surface area contributed by atoms with E-state index in [0.29, 0.717) is 29.5 Å². The van der Waals surface area contributed by atoms with Crippen molar-refractivity contribution in [3.63, 3.8) is 0 Å². The zero-order valence-electron chi connectivity index (χ0n) is 13.0. The predicted molar refractivity (Wildman–Crippen MR) is 85.8 cm³/mol. The highest BCUT2D eigenvalue weighted by molar-refractivity contribution is 5.96. The Balaban J connectivity index is 1.55. The van der Waals surface area contributed by atoms with E-state index in [1.165, 1.54) is 29.2 Å². The van der Waals surface area contributed by atoms with Crippen LogP contribution in [0.1, 0.15) is 18.2 Å². The summed E-state index contributed by atoms with van der Waals surface area (Å²) in [6, 6.07) is 11.6. The first-order chi connectivity index (χ1) is 12.1. The van der Waals surface area contributed by atoms with Crippen molar-refractivity contribution in [2.24, 2.45) is 0 Å².